The van der Waals surface area contributed by atoms with Gasteiger partial charge in [-0.15, -0.1) is 0 Å². The van der Waals surface area contributed by atoms with Gasteiger partial charge in [0.2, 0.25) is 0 Å². The molecule has 0 aromatic rings. The van der Waals surface area contributed by atoms with E-state index in [2.05, 4.69) is 86.8 Å². The van der Waals surface area contributed by atoms with Crippen molar-refractivity contribution < 1.29 is 38.2 Å². The van der Waals surface area contributed by atoms with Crippen LogP contribution in [0, 0.1) is 0 Å². The Morgan fingerprint density at radius 3 is 1.58 bits per heavy atom. The van der Waals surface area contributed by atoms with Crippen LogP contribution in [-0.2, 0) is 28.6 Å². The second kappa shape index (κ2) is 35.8. The first kappa shape index (κ1) is 49.8. The molecule has 0 amide bonds. The van der Waals surface area contributed by atoms with Crippen molar-refractivity contribution in [2.24, 2.45) is 0 Å². The highest BCUT2D eigenvalue weighted by molar-refractivity contribution is 5.70. The molecule has 0 fully saturated rings. The minimum Gasteiger partial charge on any atom is -0.544 e. The molecule has 8 heteroatoms. The van der Waals surface area contributed by atoms with Gasteiger partial charge in [0, 0.05) is 19.3 Å². The Morgan fingerprint density at radius 2 is 1.06 bits per heavy atom. The molecule has 0 N–H and O–H groups in total. The van der Waals surface area contributed by atoms with Crippen molar-refractivity contribution in [3.8, 4) is 0 Å². The number of rotatable bonds is 35. The maximum absolute atomic E-state index is 12.6. The summed E-state index contributed by atoms with van der Waals surface area (Å²) >= 11 is 0. The van der Waals surface area contributed by atoms with Crippen LogP contribution >= 0.6 is 0 Å². The van der Waals surface area contributed by atoms with E-state index in [1.165, 1.54) is 12.8 Å². The van der Waals surface area contributed by atoms with Crippen molar-refractivity contribution in [2.45, 2.75) is 154 Å². The van der Waals surface area contributed by atoms with E-state index in [-0.39, 0.29) is 42.7 Å². The van der Waals surface area contributed by atoms with Crippen molar-refractivity contribution in [1.29, 1.82) is 0 Å². The first-order chi connectivity index (χ1) is 25.6. The predicted octanol–water partition coefficient (Wildman–Crippen LogP) is 9.46. The number of unbranched alkanes of at least 4 members (excludes halogenated alkanes) is 9. The lowest BCUT2D eigenvalue weighted by Gasteiger charge is -2.34. The third-order valence-corrected chi connectivity index (χ3v) is 8.58. The number of nitrogens with zero attached hydrogens (tertiary/aromatic N) is 1. The van der Waals surface area contributed by atoms with Crippen molar-refractivity contribution in [3.05, 3.63) is 72.9 Å². The molecule has 0 heterocycles. The zero-order valence-electron chi connectivity index (χ0n) is 34.2. The molecular weight excluding hydrogens is 666 g/mol. The molecular formula is C45H75NO7. The number of esters is 2. The van der Waals surface area contributed by atoms with Crippen molar-refractivity contribution in [3.63, 3.8) is 0 Å². The van der Waals surface area contributed by atoms with Crippen LogP contribution in [0.1, 0.15) is 142 Å². The molecule has 0 aliphatic heterocycles. The van der Waals surface area contributed by atoms with E-state index in [0.29, 0.717) is 12.8 Å². The smallest absolute Gasteiger partial charge is 0.306 e. The number of likely N-dealkylation sites (N-methyl/N-ethyl adjacent to an activating group) is 1. The highest BCUT2D eigenvalue weighted by atomic mass is 16.6. The zero-order chi connectivity index (χ0) is 39.3. The number of hydrogen-bond donors (Lipinski definition) is 0. The third-order valence-electron chi connectivity index (χ3n) is 8.58. The molecule has 0 radical (unpaired) electrons. The van der Waals surface area contributed by atoms with Crippen LogP contribution in [0.5, 0.6) is 0 Å². The van der Waals surface area contributed by atoms with E-state index in [0.717, 1.165) is 96.3 Å². The molecule has 0 bridgehead atoms. The summed E-state index contributed by atoms with van der Waals surface area (Å²) in [6.07, 6.45) is 43.6. The number of carbonyl (C=O) groups excluding carboxylic acids is 3. The quantitative estimate of drug-likeness (QED) is 0.0276. The van der Waals surface area contributed by atoms with Gasteiger partial charge in [0.15, 0.2) is 6.10 Å². The lowest BCUT2D eigenvalue weighted by molar-refractivity contribution is -0.889. The van der Waals surface area contributed by atoms with Crippen molar-refractivity contribution in [1.82, 2.24) is 0 Å². The first-order valence-electron chi connectivity index (χ1n) is 20.5. The molecule has 2 atom stereocenters. The Labute approximate surface area is 323 Å². The predicted molar refractivity (Wildman–Crippen MR) is 217 cm³/mol. The van der Waals surface area contributed by atoms with Gasteiger partial charge in [0.1, 0.15) is 12.6 Å². The summed E-state index contributed by atoms with van der Waals surface area (Å²) in [6.45, 7) is 4.43. The Balaban J connectivity index is 4.43. The van der Waals surface area contributed by atoms with Crippen molar-refractivity contribution in [2.75, 3.05) is 41.0 Å². The van der Waals surface area contributed by atoms with Crippen LogP contribution < -0.4 is 5.11 Å². The topological polar surface area (TPSA) is 102 Å². The van der Waals surface area contributed by atoms with Gasteiger partial charge in [0.05, 0.1) is 40.3 Å². The average molecular weight is 742 g/mol. The summed E-state index contributed by atoms with van der Waals surface area (Å²) in [4.78, 5) is 36.7. The fourth-order valence-electron chi connectivity index (χ4n) is 5.37. The second-order valence-corrected chi connectivity index (χ2v) is 14.5. The molecule has 2 unspecified atom stereocenters. The number of quaternary nitrogens is 1. The van der Waals surface area contributed by atoms with Crippen molar-refractivity contribution >= 4 is 17.9 Å². The van der Waals surface area contributed by atoms with Gasteiger partial charge in [-0.1, -0.05) is 119 Å². The number of hydrogen-bond acceptors (Lipinski definition) is 7. The SMILES string of the molecule is CC/C=C/C/C=C/C/C=C/C/C=C/C/C=C/CCCCCC(=O)OCC(COCCC(C(=O)[O-])[N+](C)(C)C)OC(=O)CCCCCC/C=C/CCCC. The molecule has 0 spiro atoms. The van der Waals surface area contributed by atoms with Gasteiger partial charge in [0.25, 0.3) is 0 Å². The number of carboxylic acid groups (broad SMARTS) is 1. The van der Waals surface area contributed by atoms with E-state index in [4.69, 9.17) is 14.2 Å². The molecule has 0 saturated carbocycles. The van der Waals surface area contributed by atoms with Crippen LogP contribution in [0.2, 0.25) is 0 Å². The maximum Gasteiger partial charge on any atom is 0.306 e. The number of ether oxygens (including phenoxy) is 3. The van der Waals surface area contributed by atoms with Crippen LogP contribution in [-0.4, -0.2) is 75.5 Å². The van der Waals surface area contributed by atoms with Gasteiger partial charge in [-0.05, 0) is 77.0 Å². The highest BCUT2D eigenvalue weighted by Crippen LogP contribution is 2.11. The molecule has 53 heavy (non-hydrogen) atoms. The van der Waals surface area contributed by atoms with E-state index in [1.807, 2.05) is 0 Å². The molecule has 0 aromatic carbocycles. The van der Waals surface area contributed by atoms with Gasteiger partial charge >= 0.3 is 11.9 Å². The summed E-state index contributed by atoms with van der Waals surface area (Å²) in [5, 5.41) is 11.6. The maximum atomic E-state index is 12.6. The highest BCUT2D eigenvalue weighted by Gasteiger charge is 2.25. The Kier molecular flexibility index (Phi) is 33.6. The first-order valence-corrected chi connectivity index (χ1v) is 20.5. The van der Waals surface area contributed by atoms with Crippen LogP contribution in [0.4, 0.5) is 0 Å². The molecule has 0 aliphatic rings. The number of carboxylic acids is 1. The van der Waals surface area contributed by atoms with E-state index < -0.39 is 18.1 Å². The fraction of sp³-hybridized carbons (Fsp3) is 0.667. The Morgan fingerprint density at radius 1 is 0.585 bits per heavy atom. The minimum absolute atomic E-state index is 0.0214. The van der Waals surface area contributed by atoms with E-state index in [9.17, 15) is 19.5 Å². The van der Waals surface area contributed by atoms with Gasteiger partial charge in [-0.3, -0.25) is 9.59 Å². The third kappa shape index (κ3) is 34.3. The average Bonchev–Trinajstić information content (AvgIpc) is 3.11. The Hall–Kier alpha value is -3.23. The summed E-state index contributed by atoms with van der Waals surface area (Å²) in [7, 11) is 5.37. The largest absolute Gasteiger partial charge is 0.544 e. The summed E-state index contributed by atoms with van der Waals surface area (Å²) in [5.41, 5.74) is 0. The standard InChI is InChI=1S/C45H75NO7/c1-6-8-10-12-14-16-18-19-20-21-22-23-24-25-26-28-29-31-33-35-43(47)52-40-41(39-51-38-37-42(45(49)50)46(3,4)5)53-44(48)36-34-32-30-27-17-15-13-11-9-7-2/h8,10,13-16,19-20,22-23,25-26,41-42H,6-7,9,11-12,17-18,21,24,27-40H2,1-5H3/b10-8+,15-13+,16-14+,20-19+,23-22+,26-25+. The van der Waals surface area contributed by atoms with Crippen LogP contribution in [0.3, 0.4) is 0 Å². The zero-order valence-corrected chi connectivity index (χ0v) is 34.2. The molecule has 0 aliphatic carbocycles. The number of aliphatic carboxylic acids is 1. The number of carbonyl (C=O) groups is 3. The molecule has 0 aromatic heterocycles. The summed E-state index contributed by atoms with van der Waals surface area (Å²) < 4.78 is 17.0. The monoisotopic (exact) mass is 742 g/mol. The van der Waals surface area contributed by atoms with E-state index in [1.54, 1.807) is 21.1 Å². The fourth-order valence-corrected chi connectivity index (χ4v) is 5.37. The lowest BCUT2D eigenvalue weighted by Crippen LogP contribution is -2.55. The molecule has 0 saturated heterocycles. The lowest BCUT2D eigenvalue weighted by atomic mass is 10.1. The van der Waals surface area contributed by atoms with Gasteiger partial charge < -0.3 is 28.6 Å². The second-order valence-electron chi connectivity index (χ2n) is 14.5. The molecule has 0 rings (SSSR count). The molecule has 8 nitrogen and oxygen atoms in total. The van der Waals surface area contributed by atoms with E-state index >= 15 is 0 Å². The van der Waals surface area contributed by atoms with Crippen LogP contribution in [0.15, 0.2) is 72.9 Å². The minimum atomic E-state index is -1.14. The summed E-state index contributed by atoms with van der Waals surface area (Å²) in [6, 6.07) is -0.735. The van der Waals surface area contributed by atoms with Gasteiger partial charge in [-0.2, -0.15) is 0 Å². The van der Waals surface area contributed by atoms with Gasteiger partial charge in [-0.25, -0.2) is 0 Å². The Bertz CT molecular complexity index is 1100. The normalized spacial score (nSPS) is 13.8. The summed E-state index contributed by atoms with van der Waals surface area (Å²) in [5.74, 6) is -1.81. The molecule has 302 valence electrons. The number of allylic oxidation sites excluding steroid dienone is 12. The van der Waals surface area contributed by atoms with Crippen LogP contribution in [0.25, 0.3) is 0 Å².